The summed E-state index contributed by atoms with van der Waals surface area (Å²) in [4.78, 5) is 11.4. The van der Waals surface area contributed by atoms with Crippen LogP contribution in [0.1, 0.15) is 16.8 Å². The molecule has 6 heteroatoms. The number of hydrogen-bond donors (Lipinski definition) is 1. The minimum absolute atomic E-state index is 0.0152. The third-order valence-electron chi connectivity index (χ3n) is 2.00. The fourth-order valence-corrected chi connectivity index (χ4v) is 1.46. The number of ether oxygens (including phenoxy) is 1. The number of benzene rings is 1. The van der Waals surface area contributed by atoms with E-state index in [0.717, 1.165) is 6.07 Å². The van der Waals surface area contributed by atoms with E-state index in [9.17, 15) is 13.6 Å². The van der Waals surface area contributed by atoms with Crippen LogP contribution < -0.4 is 10.5 Å². The van der Waals surface area contributed by atoms with Gasteiger partial charge in [-0.05, 0) is 6.54 Å². The highest BCUT2D eigenvalue weighted by Gasteiger charge is 2.22. The van der Waals surface area contributed by atoms with Crippen molar-refractivity contribution in [1.82, 2.24) is 0 Å². The second-order valence-corrected chi connectivity index (χ2v) is 3.40. The summed E-state index contributed by atoms with van der Waals surface area (Å²) in [5.74, 6) is -2.99. The predicted octanol–water partition coefficient (Wildman–Crippen LogP) is 2.16. The molecule has 0 bridgehead atoms. The molecule has 2 N–H and O–H groups in total. The van der Waals surface area contributed by atoms with E-state index < -0.39 is 28.0 Å². The van der Waals surface area contributed by atoms with Crippen molar-refractivity contribution in [2.75, 3.05) is 13.7 Å². The van der Waals surface area contributed by atoms with Gasteiger partial charge in [-0.2, -0.15) is 0 Å². The first-order chi connectivity index (χ1) is 7.52. The van der Waals surface area contributed by atoms with Crippen LogP contribution in [0.4, 0.5) is 8.78 Å². The molecule has 0 aliphatic carbocycles. The first kappa shape index (κ1) is 12.9. The number of ketones is 1. The number of Topliss-reactive ketones (excluding diaryl/α,β-unsaturated/α-hetero) is 1. The molecule has 0 saturated carbocycles. The van der Waals surface area contributed by atoms with Crippen molar-refractivity contribution >= 4 is 17.4 Å². The van der Waals surface area contributed by atoms with Gasteiger partial charge in [-0.3, -0.25) is 4.79 Å². The summed E-state index contributed by atoms with van der Waals surface area (Å²) in [6, 6.07) is 0.870. The van der Waals surface area contributed by atoms with Gasteiger partial charge in [0, 0.05) is 12.5 Å². The molecule has 0 aliphatic rings. The Balaban J connectivity index is 3.30. The van der Waals surface area contributed by atoms with Gasteiger partial charge in [0.25, 0.3) is 0 Å². The normalized spacial score (nSPS) is 10.3. The van der Waals surface area contributed by atoms with E-state index in [1.54, 1.807) is 0 Å². The van der Waals surface area contributed by atoms with Crippen molar-refractivity contribution < 1.29 is 18.3 Å². The second kappa shape index (κ2) is 5.23. The molecule has 3 nitrogen and oxygen atoms in total. The molecule has 0 atom stereocenters. The Labute approximate surface area is 96.1 Å². The van der Waals surface area contributed by atoms with Crippen molar-refractivity contribution in [3.63, 3.8) is 0 Å². The number of hydrogen-bond acceptors (Lipinski definition) is 3. The Hall–Kier alpha value is -1.20. The van der Waals surface area contributed by atoms with Crippen molar-refractivity contribution in [2.45, 2.75) is 6.42 Å². The molecule has 0 heterocycles. The minimum Gasteiger partial charge on any atom is -0.495 e. The molecular formula is C10H10ClF2NO2. The molecule has 1 aromatic rings. The van der Waals surface area contributed by atoms with Crippen molar-refractivity contribution in [2.24, 2.45) is 5.73 Å². The average molecular weight is 250 g/mol. The molecule has 1 aromatic carbocycles. The Morgan fingerprint density at radius 1 is 1.56 bits per heavy atom. The van der Waals surface area contributed by atoms with Crippen molar-refractivity contribution in [3.05, 3.63) is 28.3 Å². The van der Waals surface area contributed by atoms with Gasteiger partial charge >= 0.3 is 0 Å². The van der Waals surface area contributed by atoms with E-state index in [0.29, 0.717) is 0 Å². The molecule has 0 fully saturated rings. The summed E-state index contributed by atoms with van der Waals surface area (Å²) in [6.07, 6.45) is -0.142. The summed E-state index contributed by atoms with van der Waals surface area (Å²) in [6.45, 7) is 0.0152. The SMILES string of the molecule is COc1cc(F)c(C(=O)CCN)c(F)c1Cl. The van der Waals surface area contributed by atoms with Crippen LogP contribution in [-0.4, -0.2) is 19.4 Å². The number of methoxy groups -OCH3 is 1. The van der Waals surface area contributed by atoms with Gasteiger partial charge in [0.05, 0.1) is 12.7 Å². The lowest BCUT2D eigenvalue weighted by Gasteiger charge is -2.08. The zero-order valence-corrected chi connectivity index (χ0v) is 9.28. The van der Waals surface area contributed by atoms with Gasteiger partial charge in [-0.1, -0.05) is 11.6 Å². The Morgan fingerprint density at radius 2 is 2.19 bits per heavy atom. The fourth-order valence-electron chi connectivity index (χ4n) is 1.23. The molecule has 0 aliphatic heterocycles. The topological polar surface area (TPSA) is 52.3 Å². The quantitative estimate of drug-likeness (QED) is 0.657. The van der Waals surface area contributed by atoms with Gasteiger partial charge in [0.1, 0.15) is 16.6 Å². The minimum atomic E-state index is -1.11. The number of halogens is 3. The monoisotopic (exact) mass is 249 g/mol. The van der Waals surface area contributed by atoms with E-state index >= 15 is 0 Å². The second-order valence-electron chi connectivity index (χ2n) is 3.03. The van der Waals surface area contributed by atoms with Crippen LogP contribution >= 0.6 is 11.6 Å². The average Bonchev–Trinajstić information content (AvgIpc) is 2.24. The summed E-state index contributed by atoms with van der Waals surface area (Å²) in [7, 11) is 1.22. The molecule has 0 radical (unpaired) electrons. The smallest absolute Gasteiger partial charge is 0.170 e. The van der Waals surface area contributed by atoms with Crippen LogP contribution in [0.25, 0.3) is 0 Å². The Morgan fingerprint density at radius 3 is 2.69 bits per heavy atom. The van der Waals surface area contributed by atoms with E-state index in [4.69, 9.17) is 17.3 Å². The standard InChI is InChI=1S/C10H10ClF2NO2/c1-16-7-4-5(12)8(6(15)2-3-14)10(13)9(7)11/h4H,2-3,14H2,1H3. The summed E-state index contributed by atoms with van der Waals surface area (Å²) in [5.41, 5.74) is 4.47. The van der Waals surface area contributed by atoms with Crippen LogP contribution in [0, 0.1) is 11.6 Å². The molecular weight excluding hydrogens is 240 g/mol. The largest absolute Gasteiger partial charge is 0.495 e. The van der Waals surface area contributed by atoms with Crippen LogP contribution in [0.5, 0.6) is 5.75 Å². The highest BCUT2D eigenvalue weighted by Crippen LogP contribution is 2.31. The molecule has 0 saturated heterocycles. The first-order valence-electron chi connectivity index (χ1n) is 4.47. The van der Waals surface area contributed by atoms with Crippen molar-refractivity contribution in [3.8, 4) is 5.75 Å². The van der Waals surface area contributed by atoms with Crippen LogP contribution in [0.3, 0.4) is 0 Å². The van der Waals surface area contributed by atoms with E-state index in [-0.39, 0.29) is 18.7 Å². The highest BCUT2D eigenvalue weighted by atomic mass is 35.5. The summed E-state index contributed by atoms with van der Waals surface area (Å²) in [5, 5.41) is -0.413. The maximum Gasteiger partial charge on any atom is 0.170 e. The van der Waals surface area contributed by atoms with Crippen LogP contribution in [0.2, 0.25) is 5.02 Å². The molecule has 0 amide bonds. The van der Waals surface area contributed by atoms with Crippen LogP contribution in [-0.2, 0) is 0 Å². The molecule has 1 rings (SSSR count). The number of carbonyl (C=O) groups excluding carboxylic acids is 1. The Bertz CT molecular complexity index is 424. The summed E-state index contributed by atoms with van der Waals surface area (Å²) >= 11 is 5.56. The lowest BCUT2D eigenvalue weighted by molar-refractivity contribution is 0.0977. The zero-order valence-electron chi connectivity index (χ0n) is 8.52. The summed E-state index contributed by atoms with van der Waals surface area (Å²) < 4.78 is 31.6. The number of carbonyl (C=O) groups is 1. The Kier molecular flexibility index (Phi) is 4.20. The fraction of sp³-hybridized carbons (Fsp3) is 0.300. The van der Waals surface area contributed by atoms with Crippen molar-refractivity contribution in [1.29, 1.82) is 0 Å². The van der Waals surface area contributed by atoms with Gasteiger partial charge in [-0.25, -0.2) is 8.78 Å². The molecule has 88 valence electrons. The van der Waals surface area contributed by atoms with E-state index in [2.05, 4.69) is 4.74 Å². The van der Waals surface area contributed by atoms with E-state index in [1.807, 2.05) is 0 Å². The highest BCUT2D eigenvalue weighted by molar-refractivity contribution is 6.32. The third kappa shape index (κ3) is 2.31. The lowest BCUT2D eigenvalue weighted by Crippen LogP contribution is -2.12. The zero-order chi connectivity index (χ0) is 12.3. The van der Waals surface area contributed by atoms with Gasteiger partial charge in [-0.15, -0.1) is 0 Å². The number of nitrogens with two attached hydrogens (primary N) is 1. The lowest BCUT2D eigenvalue weighted by atomic mass is 10.1. The maximum atomic E-state index is 13.6. The molecule has 0 aromatic heterocycles. The van der Waals surface area contributed by atoms with Gasteiger partial charge in [0.15, 0.2) is 11.6 Å². The molecule has 16 heavy (non-hydrogen) atoms. The molecule has 0 spiro atoms. The van der Waals surface area contributed by atoms with Crippen LogP contribution in [0.15, 0.2) is 6.07 Å². The number of rotatable bonds is 4. The maximum absolute atomic E-state index is 13.6. The predicted molar refractivity (Wildman–Crippen MR) is 55.9 cm³/mol. The third-order valence-corrected chi connectivity index (χ3v) is 2.35. The van der Waals surface area contributed by atoms with Gasteiger partial charge in [0.2, 0.25) is 0 Å². The molecule has 0 unspecified atom stereocenters. The van der Waals surface area contributed by atoms with Gasteiger partial charge < -0.3 is 10.5 Å². The van der Waals surface area contributed by atoms with E-state index in [1.165, 1.54) is 7.11 Å². The first-order valence-corrected chi connectivity index (χ1v) is 4.85.